The van der Waals surface area contributed by atoms with Gasteiger partial charge in [-0.15, -0.1) is 0 Å². The number of hydrogen-bond donors (Lipinski definition) is 1. The van der Waals surface area contributed by atoms with Gasteiger partial charge in [0.2, 0.25) is 5.91 Å². The summed E-state index contributed by atoms with van der Waals surface area (Å²) < 4.78 is 23.4. The molecule has 142 valence electrons. The standard InChI is InChI=1S/C18H23ClN2O4S/c1-18(8-10-26(24,25)12-18)20-16(22)14-3-2-9-21(11-14)17(23)13-4-6-15(19)7-5-13/h4-7,14H,2-3,8-12H2,1H3,(H,20,22)/t14-,18-/m0/s1. The molecule has 2 saturated heterocycles. The molecule has 2 fully saturated rings. The van der Waals surface area contributed by atoms with Gasteiger partial charge in [0.1, 0.15) is 0 Å². The number of amides is 2. The third-order valence-electron chi connectivity index (χ3n) is 5.10. The van der Waals surface area contributed by atoms with Crippen molar-refractivity contribution in [3.63, 3.8) is 0 Å². The molecule has 1 N–H and O–H groups in total. The van der Waals surface area contributed by atoms with Crippen molar-refractivity contribution in [1.29, 1.82) is 0 Å². The fraction of sp³-hybridized carbons (Fsp3) is 0.556. The first-order chi connectivity index (χ1) is 12.2. The van der Waals surface area contributed by atoms with Gasteiger partial charge in [-0.2, -0.15) is 0 Å². The molecule has 2 heterocycles. The Morgan fingerprint density at radius 1 is 1.27 bits per heavy atom. The highest BCUT2D eigenvalue weighted by Crippen LogP contribution is 2.25. The van der Waals surface area contributed by atoms with Crippen LogP contribution in [-0.2, 0) is 14.6 Å². The summed E-state index contributed by atoms with van der Waals surface area (Å²) in [6.45, 7) is 2.72. The zero-order chi connectivity index (χ0) is 18.9. The molecule has 0 bridgehead atoms. The topological polar surface area (TPSA) is 83.6 Å². The summed E-state index contributed by atoms with van der Waals surface area (Å²) in [7, 11) is -3.08. The maximum absolute atomic E-state index is 12.7. The quantitative estimate of drug-likeness (QED) is 0.842. The summed E-state index contributed by atoms with van der Waals surface area (Å²) >= 11 is 5.86. The first-order valence-electron chi connectivity index (χ1n) is 8.75. The van der Waals surface area contributed by atoms with E-state index in [1.165, 1.54) is 0 Å². The lowest BCUT2D eigenvalue weighted by Gasteiger charge is -2.34. The number of carbonyl (C=O) groups excluding carboxylic acids is 2. The highest BCUT2D eigenvalue weighted by Gasteiger charge is 2.41. The van der Waals surface area contributed by atoms with Crippen LogP contribution in [0.2, 0.25) is 5.02 Å². The fourth-order valence-corrected chi connectivity index (χ4v) is 5.88. The number of likely N-dealkylation sites (tertiary alicyclic amines) is 1. The predicted octanol–water partition coefficient (Wildman–Crippen LogP) is 1.89. The van der Waals surface area contributed by atoms with Gasteiger partial charge in [-0.05, 0) is 50.5 Å². The number of piperidine rings is 1. The summed E-state index contributed by atoms with van der Waals surface area (Å²) in [5.41, 5.74) is -0.164. The number of sulfone groups is 1. The summed E-state index contributed by atoms with van der Waals surface area (Å²) in [4.78, 5) is 27.0. The molecule has 0 saturated carbocycles. The van der Waals surface area contributed by atoms with E-state index in [0.717, 1.165) is 6.42 Å². The minimum atomic E-state index is -3.08. The molecule has 0 aliphatic carbocycles. The third kappa shape index (κ3) is 4.38. The SMILES string of the molecule is C[C@]1(NC(=O)[C@H]2CCCN(C(=O)c3ccc(Cl)cc3)C2)CCS(=O)(=O)C1. The second kappa shape index (κ2) is 7.19. The molecule has 0 radical (unpaired) electrons. The molecule has 26 heavy (non-hydrogen) atoms. The molecule has 1 aromatic carbocycles. The highest BCUT2D eigenvalue weighted by atomic mass is 35.5. The minimum absolute atomic E-state index is 0.0219. The number of benzene rings is 1. The summed E-state index contributed by atoms with van der Waals surface area (Å²) in [5, 5.41) is 3.48. The number of nitrogens with zero attached hydrogens (tertiary/aromatic N) is 1. The van der Waals surface area contributed by atoms with E-state index in [0.29, 0.717) is 36.5 Å². The van der Waals surface area contributed by atoms with Crippen molar-refractivity contribution in [2.45, 2.75) is 31.7 Å². The lowest BCUT2D eigenvalue weighted by molar-refractivity contribution is -0.127. The van der Waals surface area contributed by atoms with Gasteiger partial charge in [-0.25, -0.2) is 8.42 Å². The van der Waals surface area contributed by atoms with Gasteiger partial charge in [-0.1, -0.05) is 11.6 Å². The summed E-state index contributed by atoms with van der Waals surface area (Å²) in [6, 6.07) is 6.70. The van der Waals surface area contributed by atoms with Gasteiger partial charge in [0, 0.05) is 23.7 Å². The second-order valence-corrected chi connectivity index (χ2v) is 10.1. The van der Waals surface area contributed by atoms with Crippen LogP contribution in [0.15, 0.2) is 24.3 Å². The number of rotatable bonds is 3. The average molecular weight is 399 g/mol. The third-order valence-corrected chi connectivity index (χ3v) is 7.25. The van der Waals surface area contributed by atoms with E-state index in [9.17, 15) is 18.0 Å². The maximum Gasteiger partial charge on any atom is 0.253 e. The van der Waals surface area contributed by atoms with Crippen LogP contribution in [0.5, 0.6) is 0 Å². The molecular formula is C18H23ClN2O4S. The van der Waals surface area contributed by atoms with E-state index in [-0.39, 0.29) is 29.2 Å². The molecule has 0 aromatic heterocycles. The zero-order valence-corrected chi connectivity index (χ0v) is 16.3. The number of nitrogens with one attached hydrogen (secondary N) is 1. The van der Waals surface area contributed by atoms with E-state index in [2.05, 4.69) is 5.32 Å². The summed E-state index contributed by atoms with van der Waals surface area (Å²) in [5.74, 6) is -0.520. The first-order valence-corrected chi connectivity index (χ1v) is 10.9. The van der Waals surface area contributed by atoms with Crippen LogP contribution >= 0.6 is 11.6 Å². The fourth-order valence-electron chi connectivity index (χ4n) is 3.66. The van der Waals surface area contributed by atoms with E-state index in [1.54, 1.807) is 36.1 Å². The molecule has 2 aliphatic heterocycles. The van der Waals surface area contributed by atoms with Gasteiger partial charge in [0.25, 0.3) is 5.91 Å². The van der Waals surface area contributed by atoms with Crippen LogP contribution in [0.3, 0.4) is 0 Å². The number of hydrogen-bond acceptors (Lipinski definition) is 4. The van der Waals surface area contributed by atoms with Gasteiger partial charge < -0.3 is 10.2 Å². The van der Waals surface area contributed by atoms with Gasteiger partial charge in [0.05, 0.1) is 23.0 Å². The molecule has 6 nitrogen and oxygen atoms in total. The van der Waals surface area contributed by atoms with E-state index in [4.69, 9.17) is 11.6 Å². The Hall–Kier alpha value is -1.60. The monoisotopic (exact) mass is 398 g/mol. The maximum atomic E-state index is 12.7. The van der Waals surface area contributed by atoms with Gasteiger partial charge in [-0.3, -0.25) is 9.59 Å². The van der Waals surface area contributed by atoms with Crippen molar-refractivity contribution in [2.24, 2.45) is 5.92 Å². The Kier molecular flexibility index (Phi) is 5.30. The summed E-state index contributed by atoms with van der Waals surface area (Å²) in [6.07, 6.45) is 1.87. The van der Waals surface area contributed by atoms with Gasteiger partial charge >= 0.3 is 0 Å². The van der Waals surface area contributed by atoms with Crippen LogP contribution in [0.4, 0.5) is 0 Å². The Morgan fingerprint density at radius 2 is 1.96 bits per heavy atom. The Labute approximate surface area is 158 Å². The van der Waals surface area contributed by atoms with E-state index < -0.39 is 15.4 Å². The molecule has 2 aliphatic rings. The predicted molar refractivity (Wildman–Crippen MR) is 99.9 cm³/mol. The minimum Gasteiger partial charge on any atom is -0.350 e. The molecule has 8 heteroatoms. The van der Waals surface area contributed by atoms with Crippen LogP contribution in [0.25, 0.3) is 0 Å². The number of halogens is 1. The van der Waals surface area contributed by atoms with Crippen molar-refractivity contribution < 1.29 is 18.0 Å². The van der Waals surface area contributed by atoms with Crippen molar-refractivity contribution in [2.75, 3.05) is 24.6 Å². The van der Waals surface area contributed by atoms with Crippen LogP contribution < -0.4 is 5.32 Å². The molecule has 0 unspecified atom stereocenters. The highest BCUT2D eigenvalue weighted by molar-refractivity contribution is 7.91. The molecule has 0 spiro atoms. The van der Waals surface area contributed by atoms with E-state index >= 15 is 0 Å². The molecular weight excluding hydrogens is 376 g/mol. The molecule has 1 aromatic rings. The van der Waals surface area contributed by atoms with Gasteiger partial charge in [0.15, 0.2) is 9.84 Å². The lowest BCUT2D eigenvalue weighted by Crippen LogP contribution is -2.52. The Balaban J connectivity index is 1.63. The van der Waals surface area contributed by atoms with Crippen molar-refractivity contribution >= 4 is 33.3 Å². The van der Waals surface area contributed by atoms with Crippen molar-refractivity contribution in [3.05, 3.63) is 34.9 Å². The molecule has 2 atom stereocenters. The van der Waals surface area contributed by atoms with Crippen LogP contribution in [-0.4, -0.2) is 55.3 Å². The largest absolute Gasteiger partial charge is 0.350 e. The normalized spacial score (nSPS) is 27.9. The average Bonchev–Trinajstić information content (AvgIpc) is 2.88. The second-order valence-electron chi connectivity index (χ2n) is 7.49. The Bertz CT molecular complexity index is 809. The Morgan fingerprint density at radius 3 is 2.58 bits per heavy atom. The van der Waals surface area contributed by atoms with E-state index in [1.807, 2.05) is 0 Å². The smallest absolute Gasteiger partial charge is 0.253 e. The molecule has 3 rings (SSSR count). The number of carbonyl (C=O) groups is 2. The zero-order valence-electron chi connectivity index (χ0n) is 14.7. The molecule has 2 amide bonds. The lowest BCUT2D eigenvalue weighted by atomic mass is 9.94. The van der Waals surface area contributed by atoms with Crippen LogP contribution in [0.1, 0.15) is 36.5 Å². The van der Waals surface area contributed by atoms with Crippen molar-refractivity contribution in [1.82, 2.24) is 10.2 Å². The first kappa shape index (κ1) is 19.2. The van der Waals surface area contributed by atoms with Crippen LogP contribution in [0, 0.1) is 5.92 Å². The van der Waals surface area contributed by atoms with Crippen molar-refractivity contribution in [3.8, 4) is 0 Å².